The van der Waals surface area contributed by atoms with Crippen LogP contribution in [0.1, 0.15) is 177 Å². The molecule has 2 aliphatic heterocycles. The van der Waals surface area contributed by atoms with Gasteiger partial charge in [-0.05, 0) is 147 Å². The zero-order chi connectivity index (χ0) is 56.0. The van der Waals surface area contributed by atoms with Crippen molar-refractivity contribution in [1.29, 1.82) is 0 Å². The first kappa shape index (κ1) is 67.9. The van der Waals surface area contributed by atoms with Gasteiger partial charge in [0.1, 0.15) is 11.5 Å². The third-order valence-corrected chi connectivity index (χ3v) is 21.1. The topological polar surface area (TPSA) is 134 Å². The van der Waals surface area contributed by atoms with Gasteiger partial charge in [-0.1, -0.05) is 103 Å². The number of rotatable bonds is 30. The van der Waals surface area contributed by atoms with E-state index < -0.39 is 54.5 Å². The maximum atomic E-state index is 14.2. The summed E-state index contributed by atoms with van der Waals surface area (Å²) in [6.45, 7) is 11.9. The van der Waals surface area contributed by atoms with Crippen molar-refractivity contribution in [2.75, 3.05) is 89.9 Å². The molecule has 0 unspecified atom stereocenters. The standard InChI is InChI=1S/C64H98N3O8S2.2ClH/c1-11-15-37-63(38-16-12-2)47-76(70,71)57-35-29-51(65(5)6)45-55(57)59(61(63)68)49-25-31-53(32-26-49)74-43-23-19-21-41-67(9,10)42-22-20-24-44-75-54-33-27-50(28-34-54)60-56-46-52(66(7)8)30-36-58(56)77(72,73)48-64(62(60)69,39-17-13-3)40-18-14-4;;/h25-36,45-46,59-62,68-69H,11-24,37-44,47-48H2,1-10H3;2*1H/q+1;;/p-2/t59-,60-,61-,62-;;/m1../s1. The third-order valence-electron chi connectivity index (χ3n) is 17.1. The second kappa shape index (κ2) is 30.7. The second-order valence-electron chi connectivity index (χ2n) is 24.1. The molecule has 2 heterocycles. The highest BCUT2D eigenvalue weighted by atomic mass is 35.5. The van der Waals surface area contributed by atoms with Crippen LogP contribution in [0, 0.1) is 10.8 Å². The Morgan fingerprint density at radius 1 is 0.494 bits per heavy atom. The lowest BCUT2D eigenvalue weighted by molar-refractivity contribution is -0.890. The molecule has 0 amide bonds. The monoisotopic (exact) mass is 1170 g/mol. The molecule has 0 spiro atoms. The number of hydrogen-bond donors (Lipinski definition) is 2. The molecule has 0 bridgehead atoms. The van der Waals surface area contributed by atoms with E-state index in [2.05, 4.69) is 41.8 Å². The van der Waals surface area contributed by atoms with Crippen LogP contribution in [0.5, 0.6) is 11.5 Å². The molecule has 4 aromatic rings. The molecule has 15 heteroatoms. The Morgan fingerprint density at radius 3 is 1.13 bits per heavy atom. The molecule has 0 saturated heterocycles. The van der Waals surface area contributed by atoms with Crippen LogP contribution in [0.25, 0.3) is 0 Å². The maximum absolute atomic E-state index is 14.2. The highest BCUT2D eigenvalue weighted by molar-refractivity contribution is 7.91. The molecule has 0 fully saturated rings. The van der Waals surface area contributed by atoms with Crippen molar-refractivity contribution in [3.8, 4) is 11.5 Å². The smallest absolute Gasteiger partial charge is 0.179 e. The minimum atomic E-state index is -3.66. The molecule has 0 aliphatic carbocycles. The van der Waals surface area contributed by atoms with Gasteiger partial charge in [-0.25, -0.2) is 16.8 Å². The number of quaternary nitrogens is 1. The van der Waals surface area contributed by atoms with Crippen molar-refractivity contribution in [3.05, 3.63) is 107 Å². The number of anilines is 2. The molecule has 6 rings (SSSR count). The van der Waals surface area contributed by atoms with Crippen molar-refractivity contribution in [3.63, 3.8) is 0 Å². The number of nitrogens with zero attached hydrogens (tertiary/aromatic N) is 3. The summed E-state index contributed by atoms with van der Waals surface area (Å²) in [4.78, 5) is 4.64. The largest absolute Gasteiger partial charge is 1.00 e. The Labute approximate surface area is 490 Å². The predicted octanol–water partition coefficient (Wildman–Crippen LogP) is 7.00. The zero-order valence-corrected chi connectivity index (χ0v) is 52.8. The van der Waals surface area contributed by atoms with Crippen molar-refractivity contribution in [1.82, 2.24) is 0 Å². The van der Waals surface area contributed by atoms with Crippen molar-refractivity contribution in [2.24, 2.45) is 10.8 Å². The van der Waals surface area contributed by atoms with E-state index in [0.29, 0.717) is 59.8 Å². The summed E-state index contributed by atoms with van der Waals surface area (Å²) in [6, 6.07) is 27.2. The van der Waals surface area contributed by atoms with E-state index >= 15 is 0 Å². The number of sulfone groups is 2. The summed E-state index contributed by atoms with van der Waals surface area (Å²) < 4.78 is 70.4. The maximum Gasteiger partial charge on any atom is 0.179 e. The van der Waals surface area contributed by atoms with Crippen LogP contribution in [0.15, 0.2) is 94.7 Å². The van der Waals surface area contributed by atoms with Crippen LogP contribution in [0.2, 0.25) is 0 Å². The first-order valence-corrected chi connectivity index (χ1v) is 32.7. The Bertz CT molecular complexity index is 2500. The molecule has 79 heavy (non-hydrogen) atoms. The molecular formula is C64H98Cl2N3O8S2-. The van der Waals surface area contributed by atoms with E-state index in [-0.39, 0.29) is 36.3 Å². The molecule has 0 radical (unpaired) electrons. The van der Waals surface area contributed by atoms with Crippen LogP contribution >= 0.6 is 0 Å². The molecule has 4 aromatic carbocycles. The molecule has 2 aliphatic rings. The van der Waals surface area contributed by atoms with Gasteiger partial charge in [0.05, 0.1) is 73.9 Å². The zero-order valence-electron chi connectivity index (χ0n) is 49.6. The fraction of sp³-hybridized carbons (Fsp3) is 0.625. The third kappa shape index (κ3) is 17.3. The van der Waals surface area contributed by atoms with Gasteiger partial charge < -0.3 is 58.8 Å². The number of fused-ring (bicyclic) bond motifs is 2. The van der Waals surface area contributed by atoms with Crippen LogP contribution in [0.3, 0.4) is 0 Å². The van der Waals surface area contributed by atoms with Gasteiger partial charge in [-0.3, -0.25) is 0 Å². The molecule has 11 nitrogen and oxygen atoms in total. The Balaban J connectivity index is 0.00000672. The lowest BCUT2D eigenvalue weighted by Crippen LogP contribution is -3.00. The molecule has 0 saturated carbocycles. The van der Waals surface area contributed by atoms with Gasteiger partial charge in [0, 0.05) is 62.2 Å². The highest BCUT2D eigenvalue weighted by Gasteiger charge is 2.51. The van der Waals surface area contributed by atoms with E-state index in [4.69, 9.17) is 9.47 Å². The first-order chi connectivity index (χ1) is 36.7. The highest BCUT2D eigenvalue weighted by Crippen LogP contribution is 2.52. The average molecular weight is 1170 g/mol. The van der Waals surface area contributed by atoms with Crippen molar-refractivity contribution < 1.29 is 65.8 Å². The lowest BCUT2D eigenvalue weighted by atomic mass is 9.68. The minimum absolute atomic E-state index is 0. The molecule has 2 N–H and O–H groups in total. The van der Waals surface area contributed by atoms with Crippen LogP contribution in [-0.2, 0) is 19.7 Å². The van der Waals surface area contributed by atoms with Gasteiger partial charge >= 0.3 is 0 Å². The number of ether oxygens (including phenoxy) is 2. The van der Waals surface area contributed by atoms with Crippen molar-refractivity contribution >= 4 is 31.0 Å². The van der Waals surface area contributed by atoms with E-state index in [0.717, 1.165) is 141 Å². The summed E-state index contributed by atoms with van der Waals surface area (Å²) in [7, 11) is 5.12. The molecule has 0 aromatic heterocycles. The van der Waals surface area contributed by atoms with Crippen molar-refractivity contribution in [2.45, 2.75) is 177 Å². The predicted molar refractivity (Wildman–Crippen MR) is 318 cm³/mol. The summed E-state index contributed by atoms with van der Waals surface area (Å²) in [5, 5.41) is 25.1. The summed E-state index contributed by atoms with van der Waals surface area (Å²) in [5.41, 5.74) is 3.49. The minimum Gasteiger partial charge on any atom is -1.00 e. The number of unbranched alkanes of at least 4 members (excludes halogenated alkanes) is 8. The number of halogens is 2. The van der Waals surface area contributed by atoms with Gasteiger partial charge in [-0.2, -0.15) is 0 Å². The van der Waals surface area contributed by atoms with E-state index in [1.54, 1.807) is 12.1 Å². The van der Waals surface area contributed by atoms with Gasteiger partial charge in [-0.15, -0.1) is 0 Å². The fourth-order valence-electron chi connectivity index (χ4n) is 12.5. The number of aliphatic hydroxyl groups is 2. The quantitative estimate of drug-likeness (QED) is 0.0416. The van der Waals surface area contributed by atoms with E-state index in [1.165, 1.54) is 0 Å². The average Bonchev–Trinajstić information content (AvgIpc) is 3.66. The normalized spacial score (nSPS) is 19.8. The van der Waals surface area contributed by atoms with Crippen LogP contribution < -0.4 is 44.1 Å². The molecule has 444 valence electrons. The Hall–Kier alpha value is -3.56. The van der Waals surface area contributed by atoms with Crippen LogP contribution in [0.4, 0.5) is 11.4 Å². The Kier molecular flexibility index (Phi) is 26.4. The number of aliphatic hydroxyl groups excluding tert-OH is 2. The van der Waals surface area contributed by atoms with Gasteiger partial charge in [0.2, 0.25) is 0 Å². The summed E-state index contributed by atoms with van der Waals surface area (Å²) in [6.07, 6.45) is 14.4. The van der Waals surface area contributed by atoms with E-state index in [1.807, 2.05) is 111 Å². The van der Waals surface area contributed by atoms with Gasteiger partial charge in [0.15, 0.2) is 19.7 Å². The van der Waals surface area contributed by atoms with Gasteiger partial charge in [0.25, 0.3) is 0 Å². The molecular weight excluding hydrogens is 1070 g/mol. The summed E-state index contributed by atoms with van der Waals surface area (Å²) in [5.74, 6) is 0.487. The SMILES string of the molecule is CCCCC1(CCCC)CS(=O)(=O)c2ccc(N(C)C)cc2[C@@H](c2ccc(OCCCCC[N+](C)(C)CCCCCOc3ccc([C@@H]4c5cc(N(C)C)ccc5S(=O)(=O)CC(CCCC)(CCCC)[C@@H]4O)cc3)cc2)[C@H]1O.[Cl-].[Cl-]. The fourth-order valence-corrected chi connectivity index (χ4v) is 16.8. The number of hydrogen-bond acceptors (Lipinski definition) is 10. The second-order valence-corrected chi connectivity index (χ2v) is 28.0. The lowest BCUT2D eigenvalue weighted by Gasteiger charge is -2.40. The molecule has 4 atom stereocenters. The summed E-state index contributed by atoms with van der Waals surface area (Å²) >= 11 is 0. The van der Waals surface area contributed by atoms with E-state index in [9.17, 15) is 27.0 Å². The Morgan fingerprint density at radius 2 is 0.823 bits per heavy atom. The van der Waals surface area contributed by atoms with Crippen LogP contribution in [-0.4, -0.2) is 124 Å². The number of benzene rings is 4. The first-order valence-electron chi connectivity index (χ1n) is 29.4.